The van der Waals surface area contributed by atoms with Gasteiger partial charge in [0.1, 0.15) is 6.61 Å². The molecule has 0 saturated carbocycles. The van der Waals surface area contributed by atoms with Crippen LogP contribution >= 0.6 is 11.6 Å². The van der Waals surface area contributed by atoms with Gasteiger partial charge in [0.15, 0.2) is 0 Å². The molecule has 0 aromatic heterocycles. The summed E-state index contributed by atoms with van der Waals surface area (Å²) < 4.78 is 4.96. The molecule has 0 aliphatic rings. The monoisotopic (exact) mass is 205 g/mol. The fourth-order valence-electron chi connectivity index (χ4n) is 0.663. The summed E-state index contributed by atoms with van der Waals surface area (Å²) in [6.07, 6.45) is 1.67. The Balaban J connectivity index is 3.74. The quantitative estimate of drug-likeness (QED) is 0.385. The number of carbonyl (C=O) groups excluding carboxylic acids is 1. The van der Waals surface area contributed by atoms with E-state index in [9.17, 15) is 4.79 Å². The van der Waals surface area contributed by atoms with E-state index >= 15 is 0 Å². The molecule has 0 fully saturated rings. The van der Waals surface area contributed by atoms with Gasteiger partial charge in [0, 0.05) is 12.1 Å². The highest BCUT2D eigenvalue weighted by molar-refractivity contribution is 6.22. The second-order valence-electron chi connectivity index (χ2n) is 2.89. The Morgan fingerprint density at radius 3 is 2.54 bits per heavy atom. The van der Waals surface area contributed by atoms with Gasteiger partial charge in [0.2, 0.25) is 0 Å². The molecule has 0 aromatic rings. The van der Waals surface area contributed by atoms with Crippen LogP contribution in [0, 0.1) is 0 Å². The minimum Gasteiger partial charge on any atom is -0.461 e. The van der Waals surface area contributed by atoms with Crippen molar-refractivity contribution in [3.63, 3.8) is 0 Å². The highest BCUT2D eigenvalue weighted by Gasteiger charge is 2.07. The Morgan fingerprint density at radius 1 is 1.54 bits per heavy atom. The lowest BCUT2D eigenvalue weighted by Crippen LogP contribution is -2.21. The fraction of sp³-hybridized carbons (Fsp3) is 0.667. The molecule has 0 saturated heterocycles. The van der Waals surface area contributed by atoms with E-state index in [0.717, 1.165) is 6.54 Å². The molecular weight excluding hydrogens is 190 g/mol. The fourth-order valence-corrected chi connectivity index (χ4v) is 0.927. The molecule has 0 heterocycles. The van der Waals surface area contributed by atoms with Crippen molar-refractivity contribution >= 4 is 17.6 Å². The van der Waals surface area contributed by atoms with Crippen molar-refractivity contribution in [1.82, 2.24) is 4.90 Å². The van der Waals surface area contributed by atoms with Crippen LogP contribution in [-0.4, -0.2) is 44.0 Å². The van der Waals surface area contributed by atoms with Gasteiger partial charge in [-0.05, 0) is 21.0 Å². The SMILES string of the molecule is CC=C(CCl)C(=O)OCCN(C)C. The lowest BCUT2D eigenvalue weighted by molar-refractivity contribution is -0.139. The van der Waals surface area contributed by atoms with E-state index in [-0.39, 0.29) is 11.8 Å². The molecule has 0 spiro atoms. The maximum atomic E-state index is 11.2. The lowest BCUT2D eigenvalue weighted by atomic mass is 10.3. The van der Waals surface area contributed by atoms with Crippen molar-refractivity contribution in [2.24, 2.45) is 0 Å². The zero-order valence-corrected chi connectivity index (χ0v) is 9.10. The number of carbonyl (C=O) groups is 1. The second-order valence-corrected chi connectivity index (χ2v) is 3.15. The van der Waals surface area contributed by atoms with Crippen LogP contribution in [0.5, 0.6) is 0 Å². The lowest BCUT2D eigenvalue weighted by Gasteiger charge is -2.10. The van der Waals surface area contributed by atoms with Crippen LogP contribution in [0.25, 0.3) is 0 Å². The number of hydrogen-bond acceptors (Lipinski definition) is 3. The molecule has 0 radical (unpaired) electrons. The van der Waals surface area contributed by atoms with Gasteiger partial charge in [-0.1, -0.05) is 6.08 Å². The topological polar surface area (TPSA) is 29.5 Å². The number of esters is 1. The van der Waals surface area contributed by atoms with Crippen molar-refractivity contribution in [3.05, 3.63) is 11.6 Å². The summed E-state index contributed by atoms with van der Waals surface area (Å²) in [5.41, 5.74) is 0.514. The second kappa shape index (κ2) is 6.92. The van der Waals surface area contributed by atoms with Gasteiger partial charge in [-0.15, -0.1) is 11.6 Å². The van der Waals surface area contributed by atoms with Crippen LogP contribution in [-0.2, 0) is 9.53 Å². The first-order chi connectivity index (χ1) is 6.11. The third-order valence-electron chi connectivity index (χ3n) is 1.53. The zero-order valence-electron chi connectivity index (χ0n) is 8.34. The number of nitrogens with zero attached hydrogens (tertiary/aromatic N) is 1. The van der Waals surface area contributed by atoms with Crippen molar-refractivity contribution in [2.75, 3.05) is 33.1 Å². The van der Waals surface area contributed by atoms with E-state index < -0.39 is 0 Å². The molecule has 0 N–H and O–H groups in total. The summed E-state index contributed by atoms with van der Waals surface area (Å²) in [6.45, 7) is 2.90. The number of likely N-dealkylation sites (N-methyl/N-ethyl adjacent to an activating group) is 1. The van der Waals surface area contributed by atoms with E-state index in [1.165, 1.54) is 0 Å². The predicted octanol–water partition coefficient (Wildman–Crippen LogP) is 1.28. The summed E-state index contributed by atoms with van der Waals surface area (Å²) in [7, 11) is 3.85. The number of ether oxygens (including phenoxy) is 1. The van der Waals surface area contributed by atoms with Gasteiger partial charge in [-0.3, -0.25) is 0 Å². The Labute approximate surface area is 84.3 Å². The average Bonchev–Trinajstić information content (AvgIpc) is 2.05. The van der Waals surface area contributed by atoms with E-state index in [4.69, 9.17) is 16.3 Å². The van der Waals surface area contributed by atoms with E-state index in [1.807, 2.05) is 19.0 Å². The highest BCUT2D eigenvalue weighted by Crippen LogP contribution is 2.00. The molecule has 0 aliphatic carbocycles. The third-order valence-corrected chi connectivity index (χ3v) is 1.81. The summed E-state index contributed by atoms with van der Waals surface area (Å²) in [4.78, 5) is 13.1. The third kappa shape index (κ3) is 5.66. The first-order valence-corrected chi connectivity index (χ1v) is 4.68. The van der Waals surface area contributed by atoms with E-state index in [2.05, 4.69) is 0 Å². The highest BCUT2D eigenvalue weighted by atomic mass is 35.5. The van der Waals surface area contributed by atoms with Crippen LogP contribution in [0.4, 0.5) is 0 Å². The summed E-state index contributed by atoms with van der Waals surface area (Å²) >= 11 is 5.52. The number of alkyl halides is 1. The maximum absolute atomic E-state index is 11.2. The normalized spacial score (nSPS) is 11.9. The molecule has 0 aromatic carbocycles. The molecule has 3 nitrogen and oxygen atoms in total. The van der Waals surface area contributed by atoms with Gasteiger partial charge in [0.05, 0.1) is 5.88 Å². The van der Waals surface area contributed by atoms with Crippen molar-refractivity contribution in [3.8, 4) is 0 Å². The molecule has 4 heteroatoms. The standard InChI is InChI=1S/C9H16ClNO2/c1-4-8(7-10)9(12)13-6-5-11(2)3/h4H,5-7H2,1-3H3. The van der Waals surface area contributed by atoms with Gasteiger partial charge < -0.3 is 9.64 Å². The number of hydrogen-bond donors (Lipinski definition) is 0. The molecule has 0 aliphatic heterocycles. The van der Waals surface area contributed by atoms with Crippen LogP contribution in [0.3, 0.4) is 0 Å². The molecule has 0 rings (SSSR count). The van der Waals surface area contributed by atoms with Crippen molar-refractivity contribution < 1.29 is 9.53 Å². The Morgan fingerprint density at radius 2 is 2.15 bits per heavy atom. The Hall–Kier alpha value is -0.540. The summed E-state index contributed by atoms with van der Waals surface area (Å²) in [6, 6.07) is 0. The largest absolute Gasteiger partial charge is 0.461 e. The van der Waals surface area contributed by atoms with E-state index in [1.54, 1.807) is 13.0 Å². The zero-order chi connectivity index (χ0) is 10.3. The first kappa shape index (κ1) is 12.5. The van der Waals surface area contributed by atoms with Crippen molar-refractivity contribution in [1.29, 1.82) is 0 Å². The summed E-state index contributed by atoms with van der Waals surface area (Å²) in [5, 5.41) is 0. The smallest absolute Gasteiger partial charge is 0.334 e. The van der Waals surface area contributed by atoms with Gasteiger partial charge in [0.25, 0.3) is 0 Å². The number of rotatable bonds is 5. The molecule has 13 heavy (non-hydrogen) atoms. The molecule has 0 bridgehead atoms. The van der Waals surface area contributed by atoms with Crippen molar-refractivity contribution in [2.45, 2.75) is 6.92 Å². The van der Waals surface area contributed by atoms with Crippen LogP contribution in [0.15, 0.2) is 11.6 Å². The number of allylic oxidation sites excluding steroid dienone is 1. The Kier molecular flexibility index (Phi) is 6.63. The molecule has 76 valence electrons. The van der Waals surface area contributed by atoms with E-state index in [0.29, 0.717) is 12.2 Å². The molecular formula is C9H16ClNO2. The molecule has 0 atom stereocenters. The minimum absolute atomic E-state index is 0.206. The number of halogens is 1. The summed E-state index contributed by atoms with van der Waals surface area (Å²) in [5.74, 6) is -0.114. The first-order valence-electron chi connectivity index (χ1n) is 4.14. The van der Waals surface area contributed by atoms with Gasteiger partial charge in [-0.25, -0.2) is 4.79 Å². The Bertz CT molecular complexity index is 190. The van der Waals surface area contributed by atoms with Crippen LogP contribution < -0.4 is 0 Å². The van der Waals surface area contributed by atoms with Crippen LogP contribution in [0.2, 0.25) is 0 Å². The van der Waals surface area contributed by atoms with Crippen LogP contribution in [0.1, 0.15) is 6.92 Å². The average molecular weight is 206 g/mol. The van der Waals surface area contributed by atoms with Gasteiger partial charge in [-0.2, -0.15) is 0 Å². The minimum atomic E-state index is -0.320. The van der Waals surface area contributed by atoms with Gasteiger partial charge >= 0.3 is 5.97 Å². The maximum Gasteiger partial charge on any atom is 0.334 e. The molecule has 0 amide bonds. The predicted molar refractivity (Wildman–Crippen MR) is 54.0 cm³/mol. The molecule has 0 unspecified atom stereocenters.